The van der Waals surface area contributed by atoms with Gasteiger partial charge in [-0.2, -0.15) is 15.0 Å². The molecule has 188 valence electrons. The molecule has 0 saturated heterocycles. The van der Waals surface area contributed by atoms with Crippen LogP contribution in [0.1, 0.15) is 97.8 Å². The van der Waals surface area contributed by atoms with Crippen LogP contribution in [0.2, 0.25) is 0 Å². The minimum Gasteiger partial charge on any atom is -0.480 e. The van der Waals surface area contributed by atoms with Crippen molar-refractivity contribution in [2.75, 3.05) is 17.2 Å². The summed E-state index contributed by atoms with van der Waals surface area (Å²) >= 11 is 0. The number of nitrogens with one attached hydrogen (secondary N) is 2. The van der Waals surface area contributed by atoms with Gasteiger partial charge in [-0.05, 0) is 19.3 Å². The van der Waals surface area contributed by atoms with E-state index in [1.807, 2.05) is 13.8 Å². The van der Waals surface area contributed by atoms with E-state index in [1.54, 1.807) is 0 Å². The maximum Gasteiger partial charge on any atom is 0.326 e. The minimum absolute atomic E-state index is 0.0443. The molecular weight excluding hydrogens is 426 g/mol. The summed E-state index contributed by atoms with van der Waals surface area (Å²) in [6, 6.07) is -1.67. The fourth-order valence-corrected chi connectivity index (χ4v) is 3.24. The molecule has 10 heteroatoms. The van der Waals surface area contributed by atoms with Crippen LogP contribution in [-0.4, -0.2) is 55.8 Å². The van der Waals surface area contributed by atoms with Crippen LogP contribution in [-0.2, 0) is 9.59 Å². The van der Waals surface area contributed by atoms with Crippen LogP contribution >= 0.6 is 0 Å². The van der Waals surface area contributed by atoms with E-state index < -0.39 is 24.0 Å². The van der Waals surface area contributed by atoms with Crippen LogP contribution < -0.4 is 15.4 Å². The van der Waals surface area contributed by atoms with Gasteiger partial charge in [-0.25, -0.2) is 9.59 Å². The third-order valence-electron chi connectivity index (χ3n) is 5.24. The molecule has 2 atom stereocenters. The monoisotopic (exact) mass is 467 g/mol. The molecule has 0 aliphatic heterocycles. The Hall–Kier alpha value is -2.65. The smallest absolute Gasteiger partial charge is 0.326 e. The Morgan fingerprint density at radius 1 is 0.727 bits per heavy atom. The zero-order valence-corrected chi connectivity index (χ0v) is 20.3. The number of hydrogen-bond acceptors (Lipinski definition) is 8. The van der Waals surface area contributed by atoms with E-state index in [9.17, 15) is 19.8 Å². The lowest BCUT2D eigenvalue weighted by Gasteiger charge is -2.17. The average Bonchev–Trinajstić information content (AvgIpc) is 2.78. The summed E-state index contributed by atoms with van der Waals surface area (Å²) in [5, 5.41) is 24.7. The van der Waals surface area contributed by atoms with Crippen molar-refractivity contribution >= 4 is 23.8 Å². The quantitative estimate of drug-likeness (QED) is 0.199. The van der Waals surface area contributed by atoms with Crippen molar-refractivity contribution in [3.63, 3.8) is 0 Å². The first-order valence-electron chi connectivity index (χ1n) is 12.3. The predicted molar refractivity (Wildman–Crippen MR) is 128 cm³/mol. The molecule has 10 nitrogen and oxygen atoms in total. The number of anilines is 2. The van der Waals surface area contributed by atoms with Crippen LogP contribution in [0.25, 0.3) is 0 Å². The first kappa shape index (κ1) is 28.4. The number of unbranched alkanes of at least 4 members (excludes halogenated alkanes) is 7. The van der Waals surface area contributed by atoms with E-state index in [-0.39, 0.29) is 17.9 Å². The van der Waals surface area contributed by atoms with E-state index in [4.69, 9.17) is 4.74 Å². The molecule has 1 aromatic rings. The highest BCUT2D eigenvalue weighted by atomic mass is 16.5. The lowest BCUT2D eigenvalue weighted by molar-refractivity contribution is -0.139. The largest absolute Gasteiger partial charge is 0.480 e. The van der Waals surface area contributed by atoms with Gasteiger partial charge in [-0.3, -0.25) is 0 Å². The Kier molecular flexibility index (Phi) is 14.5. The van der Waals surface area contributed by atoms with E-state index in [0.29, 0.717) is 19.4 Å². The van der Waals surface area contributed by atoms with E-state index >= 15 is 0 Å². The van der Waals surface area contributed by atoms with Gasteiger partial charge in [0.1, 0.15) is 12.1 Å². The lowest BCUT2D eigenvalue weighted by Crippen LogP contribution is -2.32. The second-order valence-electron chi connectivity index (χ2n) is 8.24. The number of aromatic nitrogens is 3. The number of nitrogens with zero attached hydrogens (tertiary/aromatic N) is 3. The highest BCUT2D eigenvalue weighted by molar-refractivity contribution is 5.77. The topological polar surface area (TPSA) is 147 Å². The van der Waals surface area contributed by atoms with E-state index in [0.717, 1.165) is 44.9 Å². The Morgan fingerprint density at radius 3 is 1.64 bits per heavy atom. The molecule has 0 aliphatic rings. The fraction of sp³-hybridized carbons (Fsp3) is 0.783. The minimum atomic E-state index is -1.00. The Balaban J connectivity index is 2.93. The third-order valence-corrected chi connectivity index (χ3v) is 5.24. The molecule has 0 amide bonds. The molecular formula is C23H41N5O5. The second kappa shape index (κ2) is 16.9. The predicted octanol–water partition coefficient (Wildman–Crippen LogP) is 4.72. The molecule has 2 unspecified atom stereocenters. The van der Waals surface area contributed by atoms with Gasteiger partial charge >= 0.3 is 17.9 Å². The van der Waals surface area contributed by atoms with Crippen molar-refractivity contribution < 1.29 is 24.5 Å². The van der Waals surface area contributed by atoms with Gasteiger partial charge in [0.25, 0.3) is 0 Å². The fourth-order valence-electron chi connectivity index (χ4n) is 3.24. The molecule has 0 bridgehead atoms. The van der Waals surface area contributed by atoms with Gasteiger partial charge in [-0.15, -0.1) is 0 Å². The third kappa shape index (κ3) is 12.2. The van der Waals surface area contributed by atoms with Crippen molar-refractivity contribution in [1.82, 2.24) is 15.0 Å². The first-order valence-corrected chi connectivity index (χ1v) is 12.3. The molecule has 4 N–H and O–H groups in total. The number of carboxylic acid groups (broad SMARTS) is 2. The maximum absolute atomic E-state index is 11.6. The van der Waals surface area contributed by atoms with Crippen LogP contribution in [0.5, 0.6) is 6.01 Å². The summed E-state index contributed by atoms with van der Waals surface area (Å²) in [5.41, 5.74) is 0. The normalized spacial score (nSPS) is 12.7. The highest BCUT2D eigenvalue weighted by Crippen LogP contribution is 2.17. The van der Waals surface area contributed by atoms with Crippen molar-refractivity contribution in [3.05, 3.63) is 0 Å². The van der Waals surface area contributed by atoms with Crippen LogP contribution in [0.15, 0.2) is 0 Å². The molecule has 0 radical (unpaired) electrons. The molecule has 33 heavy (non-hydrogen) atoms. The van der Waals surface area contributed by atoms with Crippen LogP contribution in [0.3, 0.4) is 0 Å². The van der Waals surface area contributed by atoms with Gasteiger partial charge in [0.05, 0.1) is 6.61 Å². The van der Waals surface area contributed by atoms with Crippen molar-refractivity contribution in [2.24, 2.45) is 0 Å². The number of aliphatic carboxylic acids is 2. The maximum atomic E-state index is 11.6. The van der Waals surface area contributed by atoms with Crippen LogP contribution in [0.4, 0.5) is 11.9 Å². The summed E-state index contributed by atoms with van der Waals surface area (Å²) in [6.07, 6.45) is 10.7. The number of ether oxygens (including phenoxy) is 1. The lowest BCUT2D eigenvalue weighted by atomic mass is 10.1. The molecule has 1 rings (SSSR count). The summed E-state index contributed by atoms with van der Waals surface area (Å²) in [7, 11) is 0. The SMILES string of the molecule is CCCCCCCCOc1nc(NC(CCCC)C(=O)O)nc(NC(CCCC)C(=O)O)n1. The zero-order chi connectivity index (χ0) is 24.5. The number of carboxylic acids is 2. The van der Waals surface area contributed by atoms with Crippen LogP contribution in [0, 0.1) is 0 Å². The second-order valence-corrected chi connectivity index (χ2v) is 8.24. The summed E-state index contributed by atoms with van der Waals surface area (Å²) in [5.74, 6) is -1.90. The molecule has 1 aromatic heterocycles. The Labute approximate surface area is 197 Å². The van der Waals surface area contributed by atoms with Gasteiger partial charge in [0, 0.05) is 0 Å². The number of hydrogen-bond donors (Lipinski definition) is 4. The highest BCUT2D eigenvalue weighted by Gasteiger charge is 2.22. The van der Waals surface area contributed by atoms with Gasteiger partial charge in [0.15, 0.2) is 0 Å². The van der Waals surface area contributed by atoms with Gasteiger partial charge in [0.2, 0.25) is 11.9 Å². The molecule has 0 aromatic carbocycles. The van der Waals surface area contributed by atoms with Crippen molar-refractivity contribution in [1.29, 1.82) is 0 Å². The standard InChI is InChI=1S/C23H41N5O5/c1-4-7-10-11-12-13-16-33-23-27-21(24-17(19(29)30)14-8-5-2)26-22(28-23)25-18(20(31)32)15-9-6-3/h17-18H,4-16H2,1-3H3,(H,29,30)(H,31,32)(H2,24,25,26,27,28). The number of rotatable bonds is 20. The summed E-state index contributed by atoms with van der Waals surface area (Å²) in [4.78, 5) is 35.9. The molecule has 1 heterocycles. The van der Waals surface area contributed by atoms with Crippen molar-refractivity contribution in [3.8, 4) is 6.01 Å². The average molecular weight is 468 g/mol. The summed E-state index contributed by atoms with van der Waals surface area (Å²) in [6.45, 7) is 6.57. The van der Waals surface area contributed by atoms with Crippen molar-refractivity contribution in [2.45, 2.75) is 110 Å². The Bertz CT molecular complexity index is 658. The number of carbonyl (C=O) groups is 2. The van der Waals surface area contributed by atoms with Gasteiger partial charge in [-0.1, -0.05) is 78.6 Å². The summed E-state index contributed by atoms with van der Waals surface area (Å²) < 4.78 is 5.70. The first-order chi connectivity index (χ1) is 15.9. The molecule has 0 spiro atoms. The van der Waals surface area contributed by atoms with Gasteiger partial charge < -0.3 is 25.6 Å². The molecule has 0 fully saturated rings. The van der Waals surface area contributed by atoms with E-state index in [1.165, 1.54) is 19.3 Å². The Morgan fingerprint density at radius 2 is 1.18 bits per heavy atom. The van der Waals surface area contributed by atoms with E-state index in [2.05, 4.69) is 32.5 Å². The molecule has 0 saturated carbocycles. The molecule has 0 aliphatic carbocycles. The zero-order valence-electron chi connectivity index (χ0n) is 20.3.